The summed E-state index contributed by atoms with van der Waals surface area (Å²) in [7, 11) is 2.15. The molecule has 31 heavy (non-hydrogen) atoms. The summed E-state index contributed by atoms with van der Waals surface area (Å²) in [4.78, 5) is 7.18. The van der Waals surface area contributed by atoms with Gasteiger partial charge in [0.1, 0.15) is 5.82 Å². The van der Waals surface area contributed by atoms with Crippen LogP contribution in [0, 0.1) is 11.7 Å². The van der Waals surface area contributed by atoms with Crippen molar-refractivity contribution in [2.75, 3.05) is 51.8 Å². The summed E-state index contributed by atoms with van der Waals surface area (Å²) in [5, 5.41) is 6.79. The molecular weight excluding hydrogens is 395 g/mol. The van der Waals surface area contributed by atoms with E-state index in [-0.39, 0.29) is 5.82 Å². The van der Waals surface area contributed by atoms with Crippen molar-refractivity contribution in [3.05, 3.63) is 53.8 Å². The van der Waals surface area contributed by atoms with Crippen molar-refractivity contribution >= 4 is 11.6 Å². The van der Waals surface area contributed by atoms with Gasteiger partial charge in [-0.15, -0.1) is 0 Å². The van der Waals surface area contributed by atoms with Crippen LogP contribution in [0.1, 0.15) is 18.4 Å². The number of ether oxygens (including phenoxy) is 2. The number of fused-ring (bicyclic) bond motifs is 1. The highest BCUT2D eigenvalue weighted by Gasteiger charge is 2.19. The summed E-state index contributed by atoms with van der Waals surface area (Å²) < 4.78 is 25.0. The minimum absolute atomic E-state index is 0.206. The number of likely N-dealkylation sites (tertiary alicyclic amines) is 1. The van der Waals surface area contributed by atoms with Crippen molar-refractivity contribution in [3.8, 4) is 11.5 Å². The summed E-state index contributed by atoms with van der Waals surface area (Å²) in [6.45, 7) is 4.94. The average Bonchev–Trinajstić information content (AvgIpc) is 3.03. The van der Waals surface area contributed by atoms with E-state index in [1.54, 1.807) is 12.1 Å². The number of benzene rings is 2. The molecule has 2 N–H and O–H groups in total. The second kappa shape index (κ2) is 10.5. The van der Waals surface area contributed by atoms with Crippen LogP contribution in [0.25, 0.3) is 0 Å². The Balaban J connectivity index is 1.42. The Morgan fingerprint density at radius 1 is 1.16 bits per heavy atom. The molecule has 2 heterocycles. The number of nitrogens with one attached hydrogen (secondary N) is 2. The van der Waals surface area contributed by atoms with Gasteiger partial charge in [-0.2, -0.15) is 0 Å². The molecule has 0 bridgehead atoms. The minimum atomic E-state index is -0.206. The molecule has 2 aromatic carbocycles. The minimum Gasteiger partial charge on any atom is -0.490 e. The van der Waals surface area contributed by atoms with Crippen LogP contribution < -0.4 is 20.1 Å². The van der Waals surface area contributed by atoms with E-state index < -0.39 is 0 Å². The van der Waals surface area contributed by atoms with E-state index in [9.17, 15) is 4.39 Å². The number of anilines is 1. The van der Waals surface area contributed by atoms with E-state index in [1.165, 1.54) is 12.5 Å². The fraction of sp³-hybridized carbons (Fsp3) is 0.458. The van der Waals surface area contributed by atoms with Crippen LogP contribution in [0.4, 0.5) is 10.1 Å². The van der Waals surface area contributed by atoms with Gasteiger partial charge in [-0.3, -0.25) is 4.99 Å². The number of nitrogens with zero attached hydrogens (tertiary/aromatic N) is 2. The Kier molecular flexibility index (Phi) is 7.25. The van der Waals surface area contributed by atoms with Gasteiger partial charge in [-0.25, -0.2) is 4.39 Å². The third kappa shape index (κ3) is 6.34. The predicted octanol–water partition coefficient (Wildman–Crippen LogP) is 3.54. The molecule has 1 fully saturated rings. The van der Waals surface area contributed by atoms with E-state index in [2.05, 4.69) is 22.6 Å². The number of halogens is 1. The van der Waals surface area contributed by atoms with Gasteiger partial charge >= 0.3 is 0 Å². The van der Waals surface area contributed by atoms with Crippen LogP contribution in [0.5, 0.6) is 11.5 Å². The average molecular weight is 427 g/mol. The van der Waals surface area contributed by atoms with Crippen LogP contribution >= 0.6 is 0 Å². The topological polar surface area (TPSA) is 58.1 Å². The lowest BCUT2D eigenvalue weighted by molar-refractivity contribution is 0.297. The first-order valence-corrected chi connectivity index (χ1v) is 11.0. The fourth-order valence-corrected chi connectivity index (χ4v) is 3.93. The second-order valence-electron chi connectivity index (χ2n) is 8.25. The molecule has 0 saturated carbocycles. The molecule has 1 saturated heterocycles. The largest absolute Gasteiger partial charge is 0.490 e. The summed E-state index contributed by atoms with van der Waals surface area (Å²) in [5.41, 5.74) is 1.85. The molecule has 7 heteroatoms. The van der Waals surface area contributed by atoms with Crippen molar-refractivity contribution in [2.45, 2.75) is 19.3 Å². The van der Waals surface area contributed by atoms with Gasteiger partial charge < -0.3 is 25.0 Å². The maximum Gasteiger partial charge on any atom is 0.195 e. The van der Waals surface area contributed by atoms with E-state index in [0.717, 1.165) is 54.8 Å². The lowest BCUT2D eigenvalue weighted by atomic mass is 10.1. The van der Waals surface area contributed by atoms with Gasteiger partial charge in [0.05, 0.1) is 13.2 Å². The molecular formula is C24H31FN4O2. The number of hydrogen-bond acceptors (Lipinski definition) is 4. The van der Waals surface area contributed by atoms with Crippen LogP contribution in [0.15, 0.2) is 47.5 Å². The summed E-state index contributed by atoms with van der Waals surface area (Å²) in [5.74, 6) is 2.60. The molecule has 0 aromatic heterocycles. The number of aliphatic imine (C=N–C) groups is 1. The molecule has 4 rings (SSSR count). The molecule has 2 aliphatic heterocycles. The Labute approximate surface area is 183 Å². The molecule has 1 atom stereocenters. The highest BCUT2D eigenvalue weighted by Crippen LogP contribution is 2.32. The molecule has 0 radical (unpaired) electrons. The third-order valence-electron chi connectivity index (χ3n) is 5.60. The van der Waals surface area contributed by atoms with E-state index in [0.29, 0.717) is 32.1 Å². The van der Waals surface area contributed by atoms with Gasteiger partial charge in [-0.05, 0) is 62.2 Å². The quantitative estimate of drug-likeness (QED) is 0.547. The van der Waals surface area contributed by atoms with E-state index in [1.807, 2.05) is 24.3 Å². The summed E-state index contributed by atoms with van der Waals surface area (Å²) >= 11 is 0. The Morgan fingerprint density at radius 2 is 2.03 bits per heavy atom. The van der Waals surface area contributed by atoms with E-state index in [4.69, 9.17) is 14.5 Å². The molecule has 6 nitrogen and oxygen atoms in total. The van der Waals surface area contributed by atoms with E-state index >= 15 is 0 Å². The molecule has 0 spiro atoms. The zero-order valence-electron chi connectivity index (χ0n) is 18.1. The lowest BCUT2D eigenvalue weighted by Crippen LogP contribution is -2.33. The molecule has 1 unspecified atom stereocenters. The first-order valence-electron chi connectivity index (χ1n) is 11.0. The lowest BCUT2D eigenvalue weighted by Gasteiger charge is -2.16. The first-order chi connectivity index (χ1) is 15.2. The standard InChI is InChI=1S/C24H31FN4O2/c1-29-11-9-19(17-29)16-27-24(26-10-8-18-4-2-5-20(25)14-18)28-21-6-7-22-23(15-21)31-13-3-12-30-22/h2,4-7,14-15,19H,3,8-13,16-17H2,1H3,(H2,26,27,28). The number of rotatable bonds is 6. The zero-order valence-corrected chi connectivity index (χ0v) is 18.1. The number of guanidine groups is 1. The maximum atomic E-state index is 13.4. The van der Waals surface area contributed by atoms with Crippen LogP contribution in [-0.2, 0) is 6.42 Å². The zero-order chi connectivity index (χ0) is 21.5. The van der Waals surface area contributed by atoms with Crippen molar-refractivity contribution in [1.82, 2.24) is 10.2 Å². The Hall–Kier alpha value is -2.80. The predicted molar refractivity (Wildman–Crippen MR) is 122 cm³/mol. The second-order valence-corrected chi connectivity index (χ2v) is 8.25. The molecule has 0 aliphatic carbocycles. The van der Waals surface area contributed by atoms with Gasteiger partial charge in [-0.1, -0.05) is 12.1 Å². The normalized spacial score (nSPS) is 19.2. The van der Waals surface area contributed by atoms with Gasteiger partial charge in [0.25, 0.3) is 0 Å². The molecule has 0 amide bonds. The monoisotopic (exact) mass is 426 g/mol. The van der Waals surface area contributed by atoms with Crippen LogP contribution in [0.2, 0.25) is 0 Å². The van der Waals surface area contributed by atoms with Crippen molar-refractivity contribution < 1.29 is 13.9 Å². The molecule has 2 aliphatic rings. The van der Waals surface area contributed by atoms with Crippen molar-refractivity contribution in [2.24, 2.45) is 10.9 Å². The first kappa shape index (κ1) is 21.4. The van der Waals surface area contributed by atoms with Gasteiger partial charge in [0.15, 0.2) is 17.5 Å². The fourth-order valence-electron chi connectivity index (χ4n) is 3.93. The van der Waals surface area contributed by atoms with Gasteiger partial charge in [0, 0.05) is 37.8 Å². The highest BCUT2D eigenvalue weighted by molar-refractivity contribution is 5.94. The summed E-state index contributed by atoms with van der Waals surface area (Å²) in [6, 6.07) is 12.6. The molecule has 2 aromatic rings. The third-order valence-corrected chi connectivity index (χ3v) is 5.60. The smallest absolute Gasteiger partial charge is 0.195 e. The van der Waals surface area contributed by atoms with Gasteiger partial charge in [0.2, 0.25) is 0 Å². The van der Waals surface area contributed by atoms with Crippen molar-refractivity contribution in [3.63, 3.8) is 0 Å². The Bertz CT molecular complexity index is 905. The molecule has 166 valence electrons. The summed E-state index contributed by atoms with van der Waals surface area (Å²) in [6.07, 6.45) is 2.76. The number of hydrogen-bond donors (Lipinski definition) is 2. The highest BCUT2D eigenvalue weighted by atomic mass is 19.1. The Morgan fingerprint density at radius 3 is 2.84 bits per heavy atom. The SMILES string of the molecule is CN1CCC(CN=C(NCCc2cccc(F)c2)Nc2ccc3c(c2)OCCCO3)C1. The van der Waals surface area contributed by atoms with Crippen LogP contribution in [-0.4, -0.2) is 57.3 Å². The van der Waals surface area contributed by atoms with Crippen molar-refractivity contribution in [1.29, 1.82) is 0 Å². The van der Waals surface area contributed by atoms with Crippen LogP contribution in [0.3, 0.4) is 0 Å². The maximum absolute atomic E-state index is 13.4.